The van der Waals surface area contributed by atoms with E-state index in [-0.39, 0.29) is 5.91 Å². The number of hydrogen-bond donors (Lipinski definition) is 1. The zero-order valence-corrected chi connectivity index (χ0v) is 7.74. The number of carbonyl (C=O) groups excluding carboxylic acids is 1. The van der Waals surface area contributed by atoms with Gasteiger partial charge in [0.05, 0.1) is 5.71 Å². The number of rotatable bonds is 2. The van der Waals surface area contributed by atoms with E-state index in [9.17, 15) is 4.79 Å². The Morgan fingerprint density at radius 1 is 1.23 bits per heavy atom. The number of carbonyl (C=O) groups is 1. The molecule has 3 nitrogen and oxygen atoms in total. The van der Waals surface area contributed by atoms with Crippen LogP contribution in [0.1, 0.15) is 19.4 Å². The van der Waals surface area contributed by atoms with Crippen LogP contribution in [0.5, 0.6) is 0 Å². The maximum atomic E-state index is 10.6. The van der Waals surface area contributed by atoms with E-state index >= 15 is 0 Å². The van der Waals surface area contributed by atoms with Gasteiger partial charge < -0.3 is 0 Å². The van der Waals surface area contributed by atoms with Gasteiger partial charge in [-0.05, 0) is 12.5 Å². The van der Waals surface area contributed by atoms with Crippen LogP contribution in [0.15, 0.2) is 35.4 Å². The topological polar surface area (TPSA) is 41.5 Å². The van der Waals surface area contributed by atoms with E-state index in [1.807, 2.05) is 37.3 Å². The summed E-state index contributed by atoms with van der Waals surface area (Å²) in [6, 6.07) is 9.70. The first-order chi connectivity index (χ1) is 6.20. The first kappa shape index (κ1) is 9.45. The first-order valence-electron chi connectivity index (χ1n) is 4.06. The molecule has 0 aliphatic heterocycles. The molecule has 0 aromatic heterocycles. The summed E-state index contributed by atoms with van der Waals surface area (Å²) >= 11 is 0. The van der Waals surface area contributed by atoms with Gasteiger partial charge in [0.1, 0.15) is 0 Å². The van der Waals surface area contributed by atoms with Crippen molar-refractivity contribution in [3.05, 3.63) is 35.9 Å². The zero-order chi connectivity index (χ0) is 9.68. The van der Waals surface area contributed by atoms with Crippen LogP contribution < -0.4 is 5.43 Å². The smallest absolute Gasteiger partial charge is 0.236 e. The minimum atomic E-state index is -0.157. The molecule has 0 radical (unpaired) electrons. The monoisotopic (exact) mass is 176 g/mol. The lowest BCUT2D eigenvalue weighted by molar-refractivity contribution is -0.118. The van der Waals surface area contributed by atoms with E-state index in [0.29, 0.717) is 0 Å². The van der Waals surface area contributed by atoms with Crippen LogP contribution in [0.25, 0.3) is 0 Å². The Balaban J connectivity index is 2.73. The number of nitrogens with one attached hydrogen (secondary N) is 1. The standard InChI is InChI=1S/C10H12N2O/c1-8(11-12-9(2)13)10-6-4-3-5-7-10/h3-7H,1-2H3,(H,12,13). The Morgan fingerprint density at radius 2 is 1.85 bits per heavy atom. The lowest BCUT2D eigenvalue weighted by Crippen LogP contribution is -2.14. The van der Waals surface area contributed by atoms with Gasteiger partial charge in [-0.25, -0.2) is 5.43 Å². The van der Waals surface area contributed by atoms with Crippen molar-refractivity contribution in [2.45, 2.75) is 13.8 Å². The number of nitrogens with zero attached hydrogens (tertiary/aromatic N) is 1. The third-order valence-electron chi connectivity index (χ3n) is 1.57. The highest BCUT2D eigenvalue weighted by atomic mass is 16.2. The second-order valence-electron chi connectivity index (χ2n) is 2.73. The van der Waals surface area contributed by atoms with E-state index in [0.717, 1.165) is 11.3 Å². The average Bonchev–Trinajstić information content (AvgIpc) is 2.15. The Labute approximate surface area is 77.5 Å². The molecule has 0 saturated heterocycles. The van der Waals surface area contributed by atoms with Crippen LogP contribution in [-0.4, -0.2) is 11.6 Å². The minimum Gasteiger partial charge on any atom is -0.274 e. The van der Waals surface area contributed by atoms with Gasteiger partial charge in [-0.15, -0.1) is 0 Å². The van der Waals surface area contributed by atoms with Crippen LogP contribution in [0, 0.1) is 0 Å². The van der Waals surface area contributed by atoms with Crippen molar-refractivity contribution >= 4 is 11.6 Å². The highest BCUT2D eigenvalue weighted by molar-refractivity contribution is 5.99. The molecule has 1 rings (SSSR count). The lowest BCUT2D eigenvalue weighted by Gasteiger charge is -1.99. The first-order valence-corrected chi connectivity index (χ1v) is 4.06. The van der Waals surface area contributed by atoms with E-state index in [1.54, 1.807) is 0 Å². The summed E-state index contributed by atoms with van der Waals surface area (Å²) in [7, 11) is 0. The minimum absolute atomic E-state index is 0.157. The van der Waals surface area contributed by atoms with Crippen molar-refractivity contribution in [1.82, 2.24) is 5.43 Å². The van der Waals surface area contributed by atoms with Crippen molar-refractivity contribution < 1.29 is 4.79 Å². The molecule has 0 bridgehead atoms. The Bertz CT molecular complexity index is 317. The summed E-state index contributed by atoms with van der Waals surface area (Å²) in [4.78, 5) is 10.6. The van der Waals surface area contributed by atoms with Gasteiger partial charge in [0.15, 0.2) is 0 Å². The molecule has 13 heavy (non-hydrogen) atoms. The lowest BCUT2D eigenvalue weighted by atomic mass is 10.1. The second-order valence-corrected chi connectivity index (χ2v) is 2.73. The maximum absolute atomic E-state index is 10.6. The third-order valence-corrected chi connectivity index (χ3v) is 1.57. The number of benzene rings is 1. The van der Waals surface area contributed by atoms with Crippen LogP contribution in [0.4, 0.5) is 0 Å². The highest BCUT2D eigenvalue weighted by Gasteiger charge is 1.94. The molecule has 0 saturated carbocycles. The summed E-state index contributed by atoms with van der Waals surface area (Å²) < 4.78 is 0. The number of hydrazone groups is 1. The van der Waals surface area contributed by atoms with Crippen molar-refractivity contribution in [1.29, 1.82) is 0 Å². The van der Waals surface area contributed by atoms with Gasteiger partial charge in [-0.2, -0.15) is 5.10 Å². The maximum Gasteiger partial charge on any atom is 0.236 e. The third kappa shape index (κ3) is 3.07. The Morgan fingerprint density at radius 3 is 2.38 bits per heavy atom. The molecule has 3 heteroatoms. The fraction of sp³-hybridized carbons (Fsp3) is 0.200. The highest BCUT2D eigenvalue weighted by Crippen LogP contribution is 1.99. The molecule has 1 N–H and O–H groups in total. The summed E-state index contributed by atoms with van der Waals surface area (Å²) in [5.74, 6) is -0.157. The van der Waals surface area contributed by atoms with Gasteiger partial charge in [0.25, 0.3) is 0 Å². The molecule has 0 heterocycles. The van der Waals surface area contributed by atoms with Gasteiger partial charge in [-0.1, -0.05) is 30.3 Å². The predicted molar refractivity (Wildman–Crippen MR) is 52.5 cm³/mol. The molecule has 0 aliphatic carbocycles. The molecule has 0 spiro atoms. The molecular weight excluding hydrogens is 164 g/mol. The van der Waals surface area contributed by atoms with Crippen molar-refractivity contribution in [2.24, 2.45) is 5.10 Å². The van der Waals surface area contributed by atoms with Gasteiger partial charge in [0, 0.05) is 6.92 Å². The van der Waals surface area contributed by atoms with Crippen molar-refractivity contribution in [2.75, 3.05) is 0 Å². The summed E-state index contributed by atoms with van der Waals surface area (Å²) in [6.07, 6.45) is 0. The van der Waals surface area contributed by atoms with Crippen LogP contribution >= 0.6 is 0 Å². The SMILES string of the molecule is CC(=O)NN=C(C)c1ccccc1. The zero-order valence-electron chi connectivity index (χ0n) is 7.74. The molecule has 1 aromatic rings. The molecular formula is C10H12N2O. The van der Waals surface area contributed by atoms with Gasteiger partial charge in [-0.3, -0.25) is 4.79 Å². The van der Waals surface area contributed by atoms with Crippen LogP contribution in [0.2, 0.25) is 0 Å². The molecule has 1 aromatic carbocycles. The second kappa shape index (κ2) is 4.40. The fourth-order valence-corrected chi connectivity index (χ4v) is 0.906. The molecule has 0 aliphatic rings. The Hall–Kier alpha value is -1.64. The van der Waals surface area contributed by atoms with Crippen LogP contribution in [-0.2, 0) is 4.79 Å². The molecule has 0 atom stereocenters. The molecule has 68 valence electrons. The molecule has 0 fully saturated rings. The van der Waals surface area contributed by atoms with E-state index in [4.69, 9.17) is 0 Å². The van der Waals surface area contributed by atoms with Crippen molar-refractivity contribution in [3.63, 3.8) is 0 Å². The largest absolute Gasteiger partial charge is 0.274 e. The van der Waals surface area contributed by atoms with Crippen molar-refractivity contribution in [3.8, 4) is 0 Å². The average molecular weight is 176 g/mol. The van der Waals surface area contributed by atoms with Crippen LogP contribution in [0.3, 0.4) is 0 Å². The molecule has 0 unspecified atom stereocenters. The predicted octanol–water partition coefficient (Wildman–Crippen LogP) is 1.55. The molecule has 1 amide bonds. The Kier molecular flexibility index (Phi) is 3.20. The van der Waals surface area contributed by atoms with Gasteiger partial charge >= 0.3 is 0 Å². The van der Waals surface area contributed by atoms with Gasteiger partial charge in [0.2, 0.25) is 5.91 Å². The quantitative estimate of drug-likeness (QED) is 0.539. The summed E-state index contributed by atoms with van der Waals surface area (Å²) in [6.45, 7) is 3.28. The number of amides is 1. The fourth-order valence-electron chi connectivity index (χ4n) is 0.906. The summed E-state index contributed by atoms with van der Waals surface area (Å²) in [5.41, 5.74) is 4.20. The van der Waals surface area contributed by atoms with E-state index < -0.39 is 0 Å². The summed E-state index contributed by atoms with van der Waals surface area (Å²) in [5, 5.41) is 3.91. The normalized spacial score (nSPS) is 11.1. The van der Waals surface area contributed by atoms with E-state index in [1.165, 1.54) is 6.92 Å². The van der Waals surface area contributed by atoms with E-state index in [2.05, 4.69) is 10.5 Å². The number of hydrogen-bond acceptors (Lipinski definition) is 2.